The van der Waals surface area contributed by atoms with Crippen molar-refractivity contribution in [2.45, 2.75) is 91.5 Å². The second kappa shape index (κ2) is 11.4. The van der Waals surface area contributed by atoms with E-state index >= 15 is 0 Å². The van der Waals surface area contributed by atoms with Crippen LogP contribution in [0.3, 0.4) is 0 Å². The monoisotopic (exact) mass is 582 g/mol. The molecule has 220 valence electrons. The number of aromatic amines is 1. The maximum atomic E-state index is 14.0. The summed E-state index contributed by atoms with van der Waals surface area (Å²) in [6.45, 7) is 12.5. The van der Waals surface area contributed by atoms with Crippen LogP contribution < -0.4 is 15.6 Å². The van der Waals surface area contributed by atoms with Crippen molar-refractivity contribution in [1.29, 1.82) is 0 Å². The highest BCUT2D eigenvalue weighted by atomic mass is 35.5. The number of amides is 2. The van der Waals surface area contributed by atoms with Gasteiger partial charge in [-0.05, 0) is 90.1 Å². The minimum Gasteiger partial charge on any atom is -0.451 e. The Bertz CT molecular complexity index is 1450. The summed E-state index contributed by atoms with van der Waals surface area (Å²) < 4.78 is 5.88. The molecule has 9 nitrogen and oxygen atoms in total. The van der Waals surface area contributed by atoms with Crippen molar-refractivity contribution in [3.8, 4) is 11.5 Å². The van der Waals surface area contributed by atoms with Crippen molar-refractivity contribution in [2.75, 3.05) is 0 Å². The van der Waals surface area contributed by atoms with Crippen LogP contribution >= 0.6 is 11.6 Å². The largest absolute Gasteiger partial charge is 0.451 e. The summed E-state index contributed by atoms with van der Waals surface area (Å²) in [5.41, 5.74) is 0.307. The van der Waals surface area contributed by atoms with Gasteiger partial charge in [0.1, 0.15) is 11.8 Å². The molecule has 2 heterocycles. The van der Waals surface area contributed by atoms with Gasteiger partial charge >= 0.3 is 5.56 Å². The van der Waals surface area contributed by atoms with Gasteiger partial charge in [0.15, 0.2) is 5.75 Å². The van der Waals surface area contributed by atoms with E-state index in [1.165, 1.54) is 0 Å². The van der Waals surface area contributed by atoms with E-state index in [4.69, 9.17) is 16.3 Å². The molecular weight excluding hydrogens is 544 g/mol. The molecule has 2 aromatic rings. The highest BCUT2D eigenvalue weighted by molar-refractivity contribution is 6.31. The molecule has 4 atom stereocenters. The Balaban J connectivity index is 1.55. The molecule has 1 aromatic heterocycles. The SMILES string of the molecule is Cc1cc(Oc2c(C)cc(C(=O)N[C@H](C)C(=O)N3[C@H](C4(C)C=C(Cl)C=CC4)CC[C@@H]3C(C)(C)O)cc2C)c(=O)[nH]n1. The maximum Gasteiger partial charge on any atom is 0.307 e. The molecule has 41 heavy (non-hydrogen) atoms. The Morgan fingerprint density at radius 3 is 2.49 bits per heavy atom. The van der Waals surface area contributed by atoms with Gasteiger partial charge < -0.3 is 20.1 Å². The van der Waals surface area contributed by atoms with E-state index in [0.29, 0.717) is 46.0 Å². The molecule has 1 aliphatic heterocycles. The first-order valence-corrected chi connectivity index (χ1v) is 14.2. The van der Waals surface area contributed by atoms with Crippen molar-refractivity contribution in [3.63, 3.8) is 0 Å². The van der Waals surface area contributed by atoms with E-state index < -0.39 is 34.6 Å². The minimum absolute atomic E-state index is 0.111. The average Bonchev–Trinajstić information content (AvgIpc) is 3.34. The molecule has 1 aromatic carbocycles. The zero-order chi connectivity index (χ0) is 30.3. The number of nitrogens with one attached hydrogen (secondary N) is 2. The summed E-state index contributed by atoms with van der Waals surface area (Å²) in [4.78, 5) is 41.2. The lowest BCUT2D eigenvalue weighted by Gasteiger charge is -2.44. The molecule has 3 N–H and O–H groups in total. The lowest BCUT2D eigenvalue weighted by Crippen LogP contribution is -2.59. The molecule has 2 amide bonds. The number of rotatable bonds is 7. The van der Waals surface area contributed by atoms with Gasteiger partial charge in [0.05, 0.1) is 17.3 Å². The van der Waals surface area contributed by atoms with E-state index in [9.17, 15) is 19.5 Å². The fraction of sp³-hybridized carbons (Fsp3) is 0.484. The highest BCUT2D eigenvalue weighted by Crippen LogP contribution is 2.45. The molecular formula is C31H39ClN4O5. The van der Waals surface area contributed by atoms with Gasteiger partial charge in [0.2, 0.25) is 5.91 Å². The molecule has 1 fully saturated rings. The summed E-state index contributed by atoms with van der Waals surface area (Å²) in [6.07, 6.45) is 7.94. The minimum atomic E-state index is -1.12. The normalized spacial score (nSPS) is 23.2. The number of likely N-dealkylation sites (tertiary alicyclic amines) is 1. The van der Waals surface area contributed by atoms with Crippen LogP contribution in [0.2, 0.25) is 0 Å². The van der Waals surface area contributed by atoms with Crippen molar-refractivity contribution in [3.05, 3.63) is 74.2 Å². The van der Waals surface area contributed by atoms with Crippen LogP contribution in [0.5, 0.6) is 11.5 Å². The number of H-pyrrole nitrogens is 1. The van der Waals surface area contributed by atoms with E-state index in [1.54, 1.807) is 64.6 Å². The second-order valence-electron chi connectivity index (χ2n) is 12.1. The van der Waals surface area contributed by atoms with Crippen molar-refractivity contribution in [2.24, 2.45) is 5.41 Å². The number of hydrogen-bond acceptors (Lipinski definition) is 6. The number of benzene rings is 1. The first-order valence-electron chi connectivity index (χ1n) is 13.9. The molecule has 1 unspecified atom stereocenters. The van der Waals surface area contributed by atoms with Gasteiger partial charge in [0, 0.05) is 28.1 Å². The third-order valence-corrected chi connectivity index (χ3v) is 8.30. The lowest BCUT2D eigenvalue weighted by molar-refractivity contribution is -0.143. The van der Waals surface area contributed by atoms with Crippen LogP contribution in [0.15, 0.2) is 46.3 Å². The summed E-state index contributed by atoms with van der Waals surface area (Å²) >= 11 is 6.36. The summed E-state index contributed by atoms with van der Waals surface area (Å²) in [6, 6.07) is 3.44. The Morgan fingerprint density at radius 1 is 1.22 bits per heavy atom. The number of carbonyl (C=O) groups is 2. The Morgan fingerprint density at radius 2 is 1.88 bits per heavy atom. The van der Waals surface area contributed by atoms with E-state index in [0.717, 1.165) is 6.42 Å². The van der Waals surface area contributed by atoms with Crippen molar-refractivity contribution < 1.29 is 19.4 Å². The Kier molecular flexibility index (Phi) is 8.52. The highest BCUT2D eigenvalue weighted by Gasteiger charge is 2.50. The van der Waals surface area contributed by atoms with Crippen molar-refractivity contribution in [1.82, 2.24) is 20.4 Å². The molecule has 1 aliphatic carbocycles. The molecule has 10 heteroatoms. The van der Waals surface area contributed by atoms with Gasteiger partial charge in [-0.15, -0.1) is 0 Å². The molecule has 0 saturated carbocycles. The average molecular weight is 583 g/mol. The zero-order valence-corrected chi connectivity index (χ0v) is 25.4. The Hall–Kier alpha value is -3.43. The standard InChI is InChI=1S/C31H39ClN4O5/c1-17-13-21(14-18(2)26(17)41-23-15-19(3)34-35-28(23)38)27(37)33-20(4)29(39)36-24(30(5,6)40)10-11-25(36)31(7)12-8-9-22(32)16-31/h8-9,13-16,20,24-25,40H,10-12H2,1-7H3,(H,33,37)(H,35,38)/t20-,24-,25+,31?/m1/s1. The number of aromatic nitrogens is 2. The molecule has 0 radical (unpaired) electrons. The third kappa shape index (κ3) is 6.41. The maximum absolute atomic E-state index is 14.0. The fourth-order valence-electron chi connectivity index (χ4n) is 6.01. The zero-order valence-electron chi connectivity index (χ0n) is 24.7. The number of aliphatic hydroxyl groups is 1. The van der Waals surface area contributed by atoms with Crippen molar-refractivity contribution >= 4 is 23.4 Å². The van der Waals surface area contributed by atoms with E-state index in [-0.39, 0.29) is 17.7 Å². The van der Waals surface area contributed by atoms with Crippen LogP contribution in [0, 0.1) is 26.2 Å². The van der Waals surface area contributed by atoms with Gasteiger partial charge in [-0.25, -0.2) is 5.10 Å². The summed E-state index contributed by atoms with van der Waals surface area (Å²) in [5.74, 6) is -0.0865. The molecule has 1 saturated heterocycles. The van der Waals surface area contributed by atoms with Crippen LogP contribution in [0.25, 0.3) is 0 Å². The first-order chi connectivity index (χ1) is 19.1. The predicted octanol–water partition coefficient (Wildman–Crippen LogP) is 4.83. The molecule has 0 bridgehead atoms. The fourth-order valence-corrected chi connectivity index (χ4v) is 6.35. The van der Waals surface area contributed by atoms with E-state index in [2.05, 4.69) is 22.4 Å². The smallest absolute Gasteiger partial charge is 0.307 e. The number of nitrogens with zero attached hydrogens (tertiary/aromatic N) is 2. The number of aryl methyl sites for hydroxylation is 3. The topological polar surface area (TPSA) is 125 Å². The van der Waals surface area contributed by atoms with Crippen LogP contribution in [-0.2, 0) is 4.79 Å². The summed E-state index contributed by atoms with van der Waals surface area (Å²) in [7, 11) is 0. The molecule has 2 aliphatic rings. The van der Waals surface area contributed by atoms with Crippen LogP contribution in [0.4, 0.5) is 0 Å². The summed E-state index contributed by atoms with van der Waals surface area (Å²) in [5, 5.41) is 20.7. The van der Waals surface area contributed by atoms with Gasteiger partial charge in [-0.1, -0.05) is 30.7 Å². The number of halogens is 1. The van der Waals surface area contributed by atoms with Crippen LogP contribution in [-0.4, -0.2) is 55.7 Å². The van der Waals surface area contributed by atoms with Gasteiger partial charge in [0.25, 0.3) is 5.91 Å². The second-order valence-corrected chi connectivity index (χ2v) is 12.5. The molecule has 0 spiro atoms. The molecule has 4 rings (SSSR count). The van der Waals surface area contributed by atoms with Gasteiger partial charge in [-0.2, -0.15) is 5.10 Å². The predicted molar refractivity (Wildman–Crippen MR) is 158 cm³/mol. The Labute approximate surface area is 245 Å². The lowest BCUT2D eigenvalue weighted by atomic mass is 9.75. The third-order valence-electron chi connectivity index (χ3n) is 8.07. The number of allylic oxidation sites excluding steroid dienone is 3. The quantitative estimate of drug-likeness (QED) is 0.430. The van der Waals surface area contributed by atoms with Gasteiger partial charge in [-0.3, -0.25) is 14.4 Å². The van der Waals surface area contributed by atoms with E-state index in [1.807, 2.05) is 18.2 Å². The number of ether oxygens (including phenoxy) is 1. The first kappa shape index (κ1) is 30.5. The van der Waals surface area contributed by atoms with Crippen LogP contribution in [0.1, 0.15) is 74.1 Å². The number of hydrogen-bond donors (Lipinski definition) is 3. The number of carbonyl (C=O) groups excluding carboxylic acids is 2.